The molecule has 0 aliphatic carbocycles. The van der Waals surface area contributed by atoms with Crippen molar-refractivity contribution < 1.29 is 9.13 Å². The highest BCUT2D eigenvalue weighted by molar-refractivity contribution is 7.08. The lowest BCUT2D eigenvalue weighted by molar-refractivity contribution is 0.0542. The van der Waals surface area contributed by atoms with Gasteiger partial charge in [-0.15, -0.1) is 0 Å². The van der Waals surface area contributed by atoms with E-state index in [-0.39, 0.29) is 5.82 Å². The average Bonchev–Trinajstić information content (AvgIpc) is 3.52. The van der Waals surface area contributed by atoms with Crippen LogP contribution in [0.15, 0.2) is 71.4 Å². The fraction of sp³-hybridized carbons (Fsp3) is 0.448. The van der Waals surface area contributed by atoms with Crippen LogP contribution in [-0.4, -0.2) is 49.1 Å². The van der Waals surface area contributed by atoms with Gasteiger partial charge >= 0.3 is 0 Å². The van der Waals surface area contributed by atoms with Gasteiger partial charge in [0.25, 0.3) is 0 Å². The number of halogens is 1. The zero-order chi connectivity index (χ0) is 23.2. The number of benzene rings is 2. The van der Waals surface area contributed by atoms with Crippen LogP contribution in [0.1, 0.15) is 35.4 Å². The number of rotatable bonds is 9. The number of piperidine rings is 1. The third-order valence-electron chi connectivity index (χ3n) is 7.47. The minimum atomic E-state index is -0.192. The molecule has 2 aliphatic rings. The molecule has 0 N–H and O–H groups in total. The van der Waals surface area contributed by atoms with Crippen LogP contribution in [0.3, 0.4) is 0 Å². The Bertz CT molecular complexity index is 987. The van der Waals surface area contributed by atoms with E-state index in [0.29, 0.717) is 24.4 Å². The van der Waals surface area contributed by atoms with Gasteiger partial charge in [0.15, 0.2) is 0 Å². The summed E-state index contributed by atoms with van der Waals surface area (Å²) >= 11 is 1.82. The van der Waals surface area contributed by atoms with Crippen LogP contribution in [0.4, 0.5) is 4.39 Å². The molecule has 2 atom stereocenters. The Balaban J connectivity index is 1.10. The van der Waals surface area contributed by atoms with Crippen molar-refractivity contribution in [3.63, 3.8) is 0 Å². The maximum absolute atomic E-state index is 13.1. The maximum Gasteiger partial charge on any atom is 0.123 e. The van der Waals surface area contributed by atoms with Crippen molar-refractivity contribution in [2.24, 2.45) is 11.8 Å². The summed E-state index contributed by atoms with van der Waals surface area (Å²) < 4.78 is 19.0. The van der Waals surface area contributed by atoms with Crippen LogP contribution < -0.4 is 0 Å². The van der Waals surface area contributed by atoms with E-state index in [4.69, 9.17) is 4.74 Å². The zero-order valence-corrected chi connectivity index (χ0v) is 20.6. The molecule has 0 unspecified atom stereocenters. The standard InChI is InChI=1S/C29H35FN2OS/c30-28-8-6-24(7-9-28)20-33-21-25-10-13-31(14-11-25)17-27-18-32(16-23-4-2-1-3-5-23)19-29(27)26-12-15-34-22-26/h1-9,12,15,22,25,27,29H,10-11,13-14,16-21H2/t27-,29+/m1/s1. The van der Waals surface area contributed by atoms with E-state index in [0.717, 1.165) is 38.3 Å². The minimum Gasteiger partial charge on any atom is -0.376 e. The van der Waals surface area contributed by atoms with E-state index < -0.39 is 0 Å². The van der Waals surface area contributed by atoms with Gasteiger partial charge in [0.2, 0.25) is 0 Å². The van der Waals surface area contributed by atoms with Gasteiger partial charge in [0, 0.05) is 38.7 Å². The van der Waals surface area contributed by atoms with Crippen LogP contribution in [0.2, 0.25) is 0 Å². The van der Waals surface area contributed by atoms with Crippen LogP contribution in [0.5, 0.6) is 0 Å². The van der Waals surface area contributed by atoms with Crippen molar-refractivity contribution in [2.45, 2.75) is 31.9 Å². The van der Waals surface area contributed by atoms with Crippen molar-refractivity contribution in [2.75, 3.05) is 39.3 Å². The van der Waals surface area contributed by atoms with Crippen LogP contribution in [0, 0.1) is 17.7 Å². The number of hydrogen-bond donors (Lipinski definition) is 0. The summed E-state index contributed by atoms with van der Waals surface area (Å²) in [4.78, 5) is 5.34. The summed E-state index contributed by atoms with van der Waals surface area (Å²) in [6.45, 7) is 8.27. The largest absolute Gasteiger partial charge is 0.376 e. The first-order valence-corrected chi connectivity index (χ1v) is 13.5. The molecule has 3 heterocycles. The summed E-state index contributed by atoms with van der Waals surface area (Å²) in [6.07, 6.45) is 2.40. The van der Waals surface area contributed by atoms with Gasteiger partial charge in [-0.3, -0.25) is 4.90 Å². The Morgan fingerprint density at radius 1 is 0.882 bits per heavy atom. The molecule has 0 amide bonds. The topological polar surface area (TPSA) is 15.7 Å². The van der Waals surface area contributed by atoms with E-state index in [1.54, 1.807) is 0 Å². The number of hydrogen-bond acceptors (Lipinski definition) is 4. The fourth-order valence-corrected chi connectivity index (χ4v) is 6.30. The van der Waals surface area contributed by atoms with Gasteiger partial charge in [-0.25, -0.2) is 4.39 Å². The number of ether oxygens (including phenoxy) is 1. The van der Waals surface area contributed by atoms with E-state index in [9.17, 15) is 4.39 Å². The molecule has 0 bridgehead atoms. The summed E-state index contributed by atoms with van der Waals surface area (Å²) in [5.74, 6) is 1.75. The Morgan fingerprint density at radius 3 is 2.41 bits per heavy atom. The van der Waals surface area contributed by atoms with E-state index in [2.05, 4.69) is 57.0 Å². The molecule has 1 aromatic heterocycles. The van der Waals surface area contributed by atoms with Gasteiger partial charge in [0.1, 0.15) is 5.82 Å². The minimum absolute atomic E-state index is 0.192. The first kappa shape index (κ1) is 23.7. The molecule has 5 heteroatoms. The quantitative estimate of drug-likeness (QED) is 0.373. The summed E-state index contributed by atoms with van der Waals surface area (Å²) in [7, 11) is 0. The molecule has 3 nitrogen and oxygen atoms in total. The number of likely N-dealkylation sites (tertiary alicyclic amines) is 2. The monoisotopic (exact) mass is 478 g/mol. The highest BCUT2D eigenvalue weighted by Crippen LogP contribution is 2.35. The van der Waals surface area contributed by atoms with E-state index >= 15 is 0 Å². The molecule has 2 aromatic carbocycles. The van der Waals surface area contributed by atoms with E-state index in [1.165, 1.54) is 49.2 Å². The molecule has 0 radical (unpaired) electrons. The van der Waals surface area contributed by atoms with Gasteiger partial charge in [-0.2, -0.15) is 11.3 Å². The molecule has 180 valence electrons. The predicted octanol–water partition coefficient (Wildman–Crippen LogP) is 6.03. The van der Waals surface area contributed by atoms with Gasteiger partial charge in [0.05, 0.1) is 6.61 Å². The van der Waals surface area contributed by atoms with Crippen molar-refractivity contribution in [1.82, 2.24) is 9.80 Å². The second-order valence-corrected chi connectivity index (χ2v) is 10.8. The second-order valence-electron chi connectivity index (χ2n) is 9.99. The average molecular weight is 479 g/mol. The van der Waals surface area contributed by atoms with Crippen molar-refractivity contribution >= 4 is 11.3 Å². The van der Waals surface area contributed by atoms with Gasteiger partial charge < -0.3 is 9.64 Å². The molecule has 2 saturated heterocycles. The molecule has 34 heavy (non-hydrogen) atoms. The zero-order valence-electron chi connectivity index (χ0n) is 19.8. The molecular weight excluding hydrogens is 443 g/mol. The fourth-order valence-electron chi connectivity index (χ4n) is 5.57. The molecule has 2 aliphatic heterocycles. The first-order valence-electron chi connectivity index (χ1n) is 12.6. The van der Waals surface area contributed by atoms with Gasteiger partial charge in [-0.05, 0) is 83.4 Å². The predicted molar refractivity (Wildman–Crippen MR) is 137 cm³/mol. The van der Waals surface area contributed by atoms with Crippen molar-refractivity contribution in [1.29, 1.82) is 0 Å². The third-order valence-corrected chi connectivity index (χ3v) is 8.17. The molecule has 0 saturated carbocycles. The molecule has 3 aromatic rings. The van der Waals surface area contributed by atoms with E-state index in [1.807, 2.05) is 23.5 Å². The Labute approximate surface area is 207 Å². The third kappa shape index (κ3) is 6.33. The summed E-state index contributed by atoms with van der Waals surface area (Å²) in [5, 5.41) is 4.58. The summed E-state index contributed by atoms with van der Waals surface area (Å²) in [6, 6.07) is 19.8. The number of thiophene rings is 1. The molecule has 2 fully saturated rings. The Hall–Kier alpha value is -2.05. The normalized spacial score (nSPS) is 22.4. The number of nitrogens with zero attached hydrogens (tertiary/aromatic N) is 2. The smallest absolute Gasteiger partial charge is 0.123 e. The lowest BCUT2D eigenvalue weighted by atomic mass is 9.89. The maximum atomic E-state index is 13.1. The van der Waals surface area contributed by atoms with Crippen LogP contribution >= 0.6 is 11.3 Å². The molecule has 0 spiro atoms. The first-order chi connectivity index (χ1) is 16.7. The highest BCUT2D eigenvalue weighted by atomic mass is 32.1. The SMILES string of the molecule is Fc1ccc(COCC2CCN(C[C@@H]3CN(Cc4ccccc4)C[C@H]3c3ccsc3)CC2)cc1. The Morgan fingerprint density at radius 2 is 1.68 bits per heavy atom. The van der Waals surface area contributed by atoms with Crippen molar-refractivity contribution in [3.8, 4) is 0 Å². The van der Waals surface area contributed by atoms with Crippen molar-refractivity contribution in [3.05, 3.63) is 93.9 Å². The molecular formula is C29H35FN2OS. The van der Waals surface area contributed by atoms with Crippen LogP contribution in [-0.2, 0) is 17.9 Å². The molecule has 5 rings (SSSR count). The summed E-state index contributed by atoms with van der Waals surface area (Å²) in [5.41, 5.74) is 3.97. The second kappa shape index (κ2) is 11.6. The van der Waals surface area contributed by atoms with Gasteiger partial charge in [-0.1, -0.05) is 42.5 Å². The lowest BCUT2D eigenvalue weighted by Gasteiger charge is -2.34. The lowest BCUT2D eigenvalue weighted by Crippen LogP contribution is -2.39. The Kier molecular flexibility index (Phi) is 8.07. The van der Waals surface area contributed by atoms with Crippen LogP contribution in [0.25, 0.3) is 0 Å². The highest BCUT2D eigenvalue weighted by Gasteiger charge is 2.35.